The topological polar surface area (TPSA) is 58.6 Å². The average molecular weight is 307 g/mol. The van der Waals surface area contributed by atoms with Gasteiger partial charge in [-0.25, -0.2) is 0 Å². The van der Waals surface area contributed by atoms with Crippen LogP contribution in [0.25, 0.3) is 0 Å². The molecule has 0 fully saturated rings. The Labute approximate surface area is 120 Å². The maximum atomic E-state index is 12.2. The van der Waals surface area contributed by atoms with Crippen molar-refractivity contribution in [1.82, 2.24) is 5.32 Å². The molecular formula is C13H19F2NO3S. The zero-order valence-corrected chi connectivity index (χ0v) is 12.5. The van der Waals surface area contributed by atoms with Crippen LogP contribution in [-0.2, 0) is 0 Å². The van der Waals surface area contributed by atoms with Crippen LogP contribution in [0.1, 0.15) is 34.8 Å². The van der Waals surface area contributed by atoms with E-state index in [1.54, 1.807) is 6.92 Å². The second-order valence-electron chi connectivity index (χ2n) is 4.92. The van der Waals surface area contributed by atoms with Crippen LogP contribution in [-0.4, -0.2) is 30.3 Å². The molecule has 0 spiro atoms. The molecule has 0 aliphatic carbocycles. The zero-order valence-electron chi connectivity index (χ0n) is 11.7. The molecule has 1 rings (SSSR count). The van der Waals surface area contributed by atoms with E-state index < -0.39 is 18.6 Å². The highest BCUT2D eigenvalue weighted by atomic mass is 32.1. The molecule has 0 radical (unpaired) electrons. The first-order valence-electron chi connectivity index (χ1n) is 6.31. The number of aliphatic hydroxyl groups is 1. The molecular weight excluding hydrogens is 288 g/mol. The Morgan fingerprint density at radius 2 is 2.15 bits per heavy atom. The third-order valence-electron chi connectivity index (χ3n) is 2.49. The summed E-state index contributed by atoms with van der Waals surface area (Å²) in [7, 11) is 0. The number of hydrogen-bond donors (Lipinski definition) is 2. The monoisotopic (exact) mass is 307 g/mol. The fourth-order valence-electron chi connectivity index (χ4n) is 1.75. The van der Waals surface area contributed by atoms with Gasteiger partial charge in [0.15, 0.2) is 0 Å². The number of alkyl halides is 2. The second kappa shape index (κ2) is 7.54. The number of carbonyl (C=O) groups excluding carboxylic acids is 1. The van der Waals surface area contributed by atoms with Gasteiger partial charge < -0.3 is 15.2 Å². The molecule has 0 aromatic carbocycles. The number of aryl methyl sites for hydroxylation is 1. The Morgan fingerprint density at radius 3 is 2.70 bits per heavy atom. The lowest BCUT2D eigenvalue weighted by molar-refractivity contribution is -0.0498. The van der Waals surface area contributed by atoms with E-state index >= 15 is 0 Å². The van der Waals surface area contributed by atoms with Crippen molar-refractivity contribution < 1.29 is 23.4 Å². The molecule has 114 valence electrons. The summed E-state index contributed by atoms with van der Waals surface area (Å²) >= 11 is 1.08. The Hall–Kier alpha value is -1.21. The standard InChI is InChI=1S/C13H19F2NO3S/c1-7(2)4-9(17)6-16-12(18)11-10(19-13(14)15)5-8(3)20-11/h5,7,9,13,17H,4,6H2,1-3H3,(H,16,18). The Bertz CT molecular complexity index is 449. The molecule has 0 saturated heterocycles. The molecule has 4 nitrogen and oxygen atoms in total. The Balaban J connectivity index is 2.63. The molecule has 1 amide bonds. The van der Waals surface area contributed by atoms with Crippen LogP contribution in [0.3, 0.4) is 0 Å². The summed E-state index contributed by atoms with van der Waals surface area (Å²) in [6.07, 6.45) is -0.0936. The lowest BCUT2D eigenvalue weighted by Gasteiger charge is -2.13. The minimum Gasteiger partial charge on any atom is -0.433 e. The molecule has 1 aromatic rings. The van der Waals surface area contributed by atoms with Crippen molar-refractivity contribution in [2.75, 3.05) is 6.54 Å². The molecule has 0 aliphatic rings. The molecule has 1 aromatic heterocycles. The van der Waals surface area contributed by atoms with Gasteiger partial charge in [0.1, 0.15) is 10.6 Å². The van der Waals surface area contributed by atoms with Gasteiger partial charge in [-0.2, -0.15) is 8.78 Å². The first-order valence-corrected chi connectivity index (χ1v) is 7.12. The van der Waals surface area contributed by atoms with E-state index in [1.807, 2.05) is 13.8 Å². The van der Waals surface area contributed by atoms with Crippen molar-refractivity contribution in [3.63, 3.8) is 0 Å². The quantitative estimate of drug-likeness (QED) is 0.814. The molecule has 2 N–H and O–H groups in total. The Kier molecular flexibility index (Phi) is 6.35. The smallest absolute Gasteiger partial charge is 0.387 e. The molecule has 0 aliphatic heterocycles. The van der Waals surface area contributed by atoms with Crippen molar-refractivity contribution in [3.8, 4) is 5.75 Å². The van der Waals surface area contributed by atoms with Crippen LogP contribution in [0.15, 0.2) is 6.07 Å². The highest BCUT2D eigenvalue weighted by molar-refractivity contribution is 7.14. The first-order chi connectivity index (χ1) is 9.29. The minimum absolute atomic E-state index is 0.0854. The molecule has 1 unspecified atom stereocenters. The van der Waals surface area contributed by atoms with Gasteiger partial charge in [-0.1, -0.05) is 13.8 Å². The van der Waals surface area contributed by atoms with Gasteiger partial charge in [0, 0.05) is 11.4 Å². The summed E-state index contributed by atoms with van der Waals surface area (Å²) < 4.78 is 28.8. The minimum atomic E-state index is -2.97. The van der Waals surface area contributed by atoms with E-state index in [0.29, 0.717) is 17.2 Å². The number of halogens is 2. The third kappa shape index (κ3) is 5.42. The van der Waals surface area contributed by atoms with Gasteiger partial charge in [-0.15, -0.1) is 11.3 Å². The van der Waals surface area contributed by atoms with Crippen LogP contribution >= 0.6 is 11.3 Å². The maximum absolute atomic E-state index is 12.2. The number of aliphatic hydroxyl groups excluding tert-OH is 1. The van der Waals surface area contributed by atoms with E-state index in [0.717, 1.165) is 11.3 Å². The van der Waals surface area contributed by atoms with Crippen LogP contribution in [0.2, 0.25) is 0 Å². The van der Waals surface area contributed by atoms with Crippen LogP contribution in [0.5, 0.6) is 5.75 Å². The summed E-state index contributed by atoms with van der Waals surface area (Å²) in [5, 5.41) is 12.2. The molecule has 0 saturated carbocycles. The number of nitrogens with one attached hydrogen (secondary N) is 1. The zero-order chi connectivity index (χ0) is 15.3. The van der Waals surface area contributed by atoms with Gasteiger partial charge >= 0.3 is 6.61 Å². The summed E-state index contributed by atoms with van der Waals surface area (Å²) in [5.74, 6) is -0.330. The van der Waals surface area contributed by atoms with Crippen molar-refractivity contribution in [2.45, 2.75) is 39.9 Å². The normalized spacial score (nSPS) is 12.8. The van der Waals surface area contributed by atoms with Gasteiger partial charge in [0.2, 0.25) is 0 Å². The van der Waals surface area contributed by atoms with E-state index in [1.165, 1.54) is 6.07 Å². The fourth-order valence-corrected chi connectivity index (χ4v) is 2.61. The molecule has 7 heteroatoms. The Morgan fingerprint density at radius 1 is 1.50 bits per heavy atom. The highest BCUT2D eigenvalue weighted by Gasteiger charge is 2.20. The molecule has 20 heavy (non-hydrogen) atoms. The van der Waals surface area contributed by atoms with E-state index in [4.69, 9.17) is 0 Å². The second-order valence-corrected chi connectivity index (χ2v) is 6.18. The van der Waals surface area contributed by atoms with Crippen molar-refractivity contribution in [2.24, 2.45) is 5.92 Å². The average Bonchev–Trinajstić information content (AvgIpc) is 2.65. The number of hydrogen-bond acceptors (Lipinski definition) is 4. The third-order valence-corrected chi connectivity index (χ3v) is 3.52. The number of carbonyl (C=O) groups is 1. The van der Waals surface area contributed by atoms with Crippen LogP contribution in [0.4, 0.5) is 8.78 Å². The summed E-state index contributed by atoms with van der Waals surface area (Å²) in [5.41, 5.74) is 0. The van der Waals surface area contributed by atoms with E-state index in [9.17, 15) is 18.7 Å². The predicted molar refractivity (Wildman–Crippen MR) is 73.5 cm³/mol. The molecule has 1 atom stereocenters. The summed E-state index contributed by atoms with van der Waals surface area (Å²) in [4.78, 5) is 12.7. The SMILES string of the molecule is Cc1cc(OC(F)F)c(C(=O)NCC(O)CC(C)C)s1. The first kappa shape index (κ1) is 16.8. The lowest BCUT2D eigenvalue weighted by atomic mass is 10.1. The predicted octanol–water partition coefficient (Wildman–Crippen LogP) is 2.79. The number of amides is 1. The van der Waals surface area contributed by atoms with Crippen molar-refractivity contribution in [1.29, 1.82) is 0 Å². The highest BCUT2D eigenvalue weighted by Crippen LogP contribution is 2.30. The lowest BCUT2D eigenvalue weighted by Crippen LogP contribution is -2.32. The van der Waals surface area contributed by atoms with Crippen LogP contribution < -0.4 is 10.1 Å². The largest absolute Gasteiger partial charge is 0.433 e. The maximum Gasteiger partial charge on any atom is 0.387 e. The number of ether oxygens (including phenoxy) is 1. The van der Waals surface area contributed by atoms with Crippen molar-refractivity contribution >= 4 is 17.2 Å². The van der Waals surface area contributed by atoms with Gasteiger partial charge in [0.25, 0.3) is 5.91 Å². The summed E-state index contributed by atoms with van der Waals surface area (Å²) in [6, 6.07) is 1.40. The van der Waals surface area contributed by atoms with E-state index in [-0.39, 0.29) is 17.2 Å². The van der Waals surface area contributed by atoms with E-state index in [2.05, 4.69) is 10.1 Å². The summed E-state index contributed by atoms with van der Waals surface area (Å²) in [6.45, 7) is 2.74. The number of rotatable bonds is 7. The number of thiophene rings is 1. The molecule has 1 heterocycles. The molecule has 0 bridgehead atoms. The van der Waals surface area contributed by atoms with Gasteiger partial charge in [-0.3, -0.25) is 4.79 Å². The van der Waals surface area contributed by atoms with Gasteiger partial charge in [0.05, 0.1) is 6.10 Å². The fraction of sp³-hybridized carbons (Fsp3) is 0.615. The van der Waals surface area contributed by atoms with Gasteiger partial charge in [-0.05, 0) is 25.3 Å². The van der Waals surface area contributed by atoms with Crippen molar-refractivity contribution in [3.05, 3.63) is 15.8 Å². The van der Waals surface area contributed by atoms with Crippen LogP contribution in [0, 0.1) is 12.8 Å².